The van der Waals surface area contributed by atoms with E-state index in [4.69, 9.17) is 9.90 Å². The summed E-state index contributed by atoms with van der Waals surface area (Å²) in [6, 6.07) is 46.4. The molecule has 0 aliphatic carbocycles. The zero-order chi connectivity index (χ0) is 35.2. The molecular formula is C46H28O. The molecule has 0 radical (unpaired) electrons. The summed E-state index contributed by atoms with van der Waals surface area (Å²) < 4.78 is 51.7. The summed E-state index contributed by atoms with van der Waals surface area (Å²) in [5, 5.41) is 8.50. The molecule has 9 aromatic carbocycles. The summed E-state index contributed by atoms with van der Waals surface area (Å²) in [5.41, 5.74) is 6.21. The second-order valence-corrected chi connectivity index (χ2v) is 12.0. The van der Waals surface area contributed by atoms with Gasteiger partial charge in [-0.3, -0.25) is 0 Å². The lowest BCUT2D eigenvalue weighted by atomic mass is 9.83. The Morgan fingerprint density at radius 1 is 0.404 bits per heavy atom. The summed E-state index contributed by atoms with van der Waals surface area (Å²) in [5.74, 6) is 0. The Balaban J connectivity index is 1.41. The van der Waals surface area contributed by atoms with E-state index in [1.807, 2.05) is 42.5 Å². The van der Waals surface area contributed by atoms with E-state index in [1.54, 1.807) is 0 Å². The van der Waals surface area contributed by atoms with Crippen molar-refractivity contribution < 1.29 is 11.3 Å². The normalized spacial score (nSPS) is 13.3. The Hall–Kier alpha value is -6.18. The van der Waals surface area contributed by atoms with E-state index in [0.717, 1.165) is 49.2 Å². The molecule has 1 heteroatoms. The Morgan fingerprint density at radius 2 is 0.957 bits per heavy atom. The average molecular weight is 602 g/mol. The lowest BCUT2D eigenvalue weighted by Crippen LogP contribution is -1.92. The molecule has 0 saturated carbocycles. The van der Waals surface area contributed by atoms with Crippen LogP contribution in [-0.2, 0) is 0 Å². The van der Waals surface area contributed by atoms with Gasteiger partial charge >= 0.3 is 0 Å². The molecule has 1 nitrogen and oxygen atoms in total. The third-order valence-electron chi connectivity index (χ3n) is 9.45. The van der Waals surface area contributed by atoms with Crippen LogP contribution in [-0.4, -0.2) is 0 Å². The van der Waals surface area contributed by atoms with Gasteiger partial charge in [0.05, 0.1) is 6.85 Å². The molecule has 0 aliphatic rings. The van der Waals surface area contributed by atoms with Crippen molar-refractivity contribution in [3.05, 3.63) is 170 Å². The Labute approximate surface area is 279 Å². The average Bonchev–Trinajstić information content (AvgIpc) is 3.59. The number of rotatable bonds is 3. The second-order valence-electron chi connectivity index (χ2n) is 12.0. The van der Waals surface area contributed by atoms with E-state index >= 15 is 0 Å². The first-order valence-corrected chi connectivity index (χ1v) is 15.8. The van der Waals surface area contributed by atoms with Gasteiger partial charge < -0.3 is 4.42 Å². The van der Waals surface area contributed by atoms with E-state index in [1.165, 1.54) is 10.8 Å². The Kier molecular flexibility index (Phi) is 4.66. The van der Waals surface area contributed by atoms with Gasteiger partial charge in [-0.2, -0.15) is 0 Å². The standard InChI is InChI=1S/C46H28O/c1-2-14-30(15-3-1)40-28-41-45-39(26-13-27-42(45)47-46(41)38-24-11-6-19-32(38)40)44-36-22-9-7-20-34(36)43(35-21-8-10-23-37(35)44)33-25-12-17-29-16-4-5-18-31(29)33/h1-28H/i6D,11D,19D,24D,28D. The summed E-state index contributed by atoms with van der Waals surface area (Å²) in [6.45, 7) is 0. The minimum Gasteiger partial charge on any atom is -0.455 e. The molecule has 0 saturated heterocycles. The summed E-state index contributed by atoms with van der Waals surface area (Å²) >= 11 is 0. The van der Waals surface area contributed by atoms with Gasteiger partial charge in [-0.15, -0.1) is 0 Å². The van der Waals surface area contributed by atoms with Crippen molar-refractivity contribution in [2.75, 3.05) is 0 Å². The van der Waals surface area contributed by atoms with E-state index in [0.29, 0.717) is 22.1 Å². The van der Waals surface area contributed by atoms with Gasteiger partial charge in [-0.1, -0.05) is 158 Å². The summed E-state index contributed by atoms with van der Waals surface area (Å²) in [6.07, 6.45) is 0. The minimum absolute atomic E-state index is 0.158. The highest BCUT2D eigenvalue weighted by Crippen LogP contribution is 2.49. The van der Waals surface area contributed by atoms with Crippen LogP contribution < -0.4 is 0 Å². The van der Waals surface area contributed by atoms with Crippen LogP contribution in [0.5, 0.6) is 0 Å². The zero-order valence-corrected chi connectivity index (χ0v) is 25.2. The van der Waals surface area contributed by atoms with Crippen LogP contribution in [0, 0.1) is 0 Å². The van der Waals surface area contributed by atoms with Gasteiger partial charge in [0, 0.05) is 16.2 Å². The topological polar surface area (TPSA) is 13.1 Å². The van der Waals surface area contributed by atoms with Crippen molar-refractivity contribution >= 4 is 65.0 Å². The van der Waals surface area contributed by atoms with Crippen molar-refractivity contribution in [1.82, 2.24) is 0 Å². The highest BCUT2D eigenvalue weighted by molar-refractivity contribution is 6.28. The third kappa shape index (κ3) is 3.84. The number of hydrogen-bond acceptors (Lipinski definition) is 1. The first kappa shape index (κ1) is 21.5. The van der Waals surface area contributed by atoms with Crippen molar-refractivity contribution in [1.29, 1.82) is 0 Å². The fourth-order valence-electron chi connectivity index (χ4n) is 7.48. The Bertz CT molecular complexity index is 3060. The van der Waals surface area contributed by atoms with Gasteiger partial charge in [-0.25, -0.2) is 0 Å². The molecular weight excluding hydrogens is 569 g/mol. The van der Waals surface area contributed by atoms with Gasteiger partial charge in [0.25, 0.3) is 0 Å². The molecule has 0 spiro atoms. The molecule has 0 atom stereocenters. The number of benzene rings is 9. The maximum atomic E-state index is 9.84. The summed E-state index contributed by atoms with van der Waals surface area (Å²) in [7, 11) is 0. The van der Waals surface area contributed by atoms with Crippen LogP contribution >= 0.6 is 0 Å². The lowest BCUT2D eigenvalue weighted by molar-refractivity contribution is 0.673. The molecule has 0 bridgehead atoms. The molecule has 1 aromatic heterocycles. The van der Waals surface area contributed by atoms with Crippen LogP contribution in [0.25, 0.3) is 98.4 Å². The fraction of sp³-hybridized carbons (Fsp3) is 0. The molecule has 0 unspecified atom stereocenters. The largest absolute Gasteiger partial charge is 0.455 e. The van der Waals surface area contributed by atoms with E-state index in [-0.39, 0.29) is 46.6 Å². The van der Waals surface area contributed by atoms with Gasteiger partial charge in [-0.05, 0) is 83.2 Å². The van der Waals surface area contributed by atoms with Gasteiger partial charge in [0.2, 0.25) is 0 Å². The number of furan rings is 1. The van der Waals surface area contributed by atoms with Crippen LogP contribution in [0.15, 0.2) is 174 Å². The van der Waals surface area contributed by atoms with Crippen LogP contribution in [0.4, 0.5) is 0 Å². The van der Waals surface area contributed by atoms with Gasteiger partial charge in [0.15, 0.2) is 0 Å². The number of hydrogen-bond donors (Lipinski definition) is 0. The monoisotopic (exact) mass is 601 g/mol. The maximum absolute atomic E-state index is 9.84. The fourth-order valence-corrected chi connectivity index (χ4v) is 7.48. The SMILES string of the molecule is [2H]c1c([2H])c([2H])c2c(c1[2H])c(-c1ccccc1)c([2H])c1c2oc2cccc(-c3c4ccccc4c(-c4cccc5ccccc45)c4ccccc34)c21. The van der Waals surface area contributed by atoms with Crippen LogP contribution in [0.2, 0.25) is 0 Å². The summed E-state index contributed by atoms with van der Waals surface area (Å²) in [4.78, 5) is 0. The first-order chi connectivity index (χ1) is 25.4. The first-order valence-electron chi connectivity index (χ1n) is 18.3. The lowest BCUT2D eigenvalue weighted by Gasteiger charge is -2.19. The maximum Gasteiger partial charge on any atom is 0.143 e. The second kappa shape index (κ2) is 10.2. The highest BCUT2D eigenvalue weighted by Gasteiger charge is 2.22. The predicted octanol–water partition coefficient (Wildman–Crippen LogP) is 13.2. The van der Waals surface area contributed by atoms with E-state index in [9.17, 15) is 1.37 Å². The van der Waals surface area contributed by atoms with E-state index in [2.05, 4.69) is 97.1 Å². The number of fused-ring (bicyclic) bond motifs is 8. The van der Waals surface area contributed by atoms with Crippen molar-refractivity contribution in [2.24, 2.45) is 0 Å². The molecule has 10 rings (SSSR count). The zero-order valence-electron chi connectivity index (χ0n) is 30.2. The third-order valence-corrected chi connectivity index (χ3v) is 9.45. The highest BCUT2D eigenvalue weighted by atomic mass is 16.3. The molecule has 0 amide bonds. The van der Waals surface area contributed by atoms with Crippen LogP contribution in [0.1, 0.15) is 6.85 Å². The Morgan fingerprint density at radius 3 is 1.68 bits per heavy atom. The molecule has 0 aliphatic heterocycles. The minimum atomic E-state index is -0.338. The van der Waals surface area contributed by atoms with Gasteiger partial charge in [0.1, 0.15) is 11.2 Å². The van der Waals surface area contributed by atoms with E-state index < -0.39 is 0 Å². The van der Waals surface area contributed by atoms with Crippen molar-refractivity contribution in [3.63, 3.8) is 0 Å². The molecule has 47 heavy (non-hydrogen) atoms. The molecule has 1 heterocycles. The van der Waals surface area contributed by atoms with Crippen molar-refractivity contribution in [2.45, 2.75) is 0 Å². The smallest absolute Gasteiger partial charge is 0.143 e. The molecule has 0 fully saturated rings. The predicted molar refractivity (Wildman–Crippen MR) is 200 cm³/mol. The molecule has 10 aromatic rings. The molecule has 0 N–H and O–H groups in total. The van der Waals surface area contributed by atoms with Crippen molar-refractivity contribution in [3.8, 4) is 33.4 Å². The quantitative estimate of drug-likeness (QED) is 0.184. The van der Waals surface area contributed by atoms with Crippen LogP contribution in [0.3, 0.4) is 0 Å². The molecule has 218 valence electrons.